The van der Waals surface area contributed by atoms with Gasteiger partial charge in [0.1, 0.15) is 6.07 Å². The van der Waals surface area contributed by atoms with Gasteiger partial charge in [0.15, 0.2) is 0 Å². The highest BCUT2D eigenvalue weighted by atomic mass is 35.5. The van der Waals surface area contributed by atoms with E-state index in [0.29, 0.717) is 10.6 Å². The summed E-state index contributed by atoms with van der Waals surface area (Å²) in [7, 11) is 0. The molecule has 24 heavy (non-hydrogen) atoms. The summed E-state index contributed by atoms with van der Waals surface area (Å²) in [6, 6.07) is 10.2. The number of halogens is 1. The molecule has 4 rings (SSSR count). The van der Waals surface area contributed by atoms with Gasteiger partial charge in [0.05, 0.1) is 11.3 Å². The van der Waals surface area contributed by atoms with Crippen molar-refractivity contribution in [2.45, 2.75) is 32.1 Å². The summed E-state index contributed by atoms with van der Waals surface area (Å²) in [6.45, 7) is 0. The molecule has 2 nitrogen and oxygen atoms in total. The largest absolute Gasteiger partial charge is 0.251 e. The zero-order valence-electron chi connectivity index (χ0n) is 13.3. The predicted molar refractivity (Wildman–Crippen MR) is 97.8 cm³/mol. The Morgan fingerprint density at radius 2 is 1.96 bits per heavy atom. The maximum absolute atomic E-state index is 9.90. The SMILES string of the molecule is N#Cc1c(C2=CC=C2)nc2c(c1-c1cccc(Cl)c1)CCCCC2. The summed E-state index contributed by atoms with van der Waals surface area (Å²) in [4.78, 5) is 4.90. The van der Waals surface area contributed by atoms with E-state index in [4.69, 9.17) is 16.6 Å². The van der Waals surface area contributed by atoms with Gasteiger partial charge in [-0.15, -0.1) is 0 Å². The van der Waals surface area contributed by atoms with Gasteiger partial charge >= 0.3 is 0 Å². The van der Waals surface area contributed by atoms with Crippen molar-refractivity contribution in [3.63, 3.8) is 0 Å². The number of aromatic nitrogens is 1. The van der Waals surface area contributed by atoms with Crippen LogP contribution in [0.1, 0.15) is 41.8 Å². The number of aryl methyl sites for hydroxylation is 1. The molecule has 1 heterocycles. The van der Waals surface area contributed by atoms with Crippen molar-refractivity contribution in [1.29, 1.82) is 5.26 Å². The highest BCUT2D eigenvalue weighted by Gasteiger charge is 2.23. The molecule has 0 atom stereocenters. The summed E-state index contributed by atoms with van der Waals surface area (Å²) >= 11 is 6.23. The van der Waals surface area contributed by atoms with Gasteiger partial charge in [-0.05, 0) is 48.9 Å². The lowest BCUT2D eigenvalue weighted by atomic mass is 9.88. The van der Waals surface area contributed by atoms with Gasteiger partial charge in [0.25, 0.3) is 0 Å². The Balaban J connectivity index is 2.03. The van der Waals surface area contributed by atoms with E-state index in [1.165, 1.54) is 12.0 Å². The van der Waals surface area contributed by atoms with Crippen molar-refractivity contribution in [3.05, 3.63) is 70.0 Å². The third-order valence-electron chi connectivity index (χ3n) is 4.77. The third-order valence-corrected chi connectivity index (χ3v) is 5.01. The van der Waals surface area contributed by atoms with Crippen molar-refractivity contribution in [3.8, 4) is 17.2 Å². The van der Waals surface area contributed by atoms with E-state index >= 15 is 0 Å². The number of hydrogen-bond acceptors (Lipinski definition) is 2. The third kappa shape index (κ3) is 2.56. The van der Waals surface area contributed by atoms with Gasteiger partial charge in [-0.3, -0.25) is 4.98 Å². The minimum atomic E-state index is 0.675. The van der Waals surface area contributed by atoms with Crippen LogP contribution < -0.4 is 0 Å². The number of pyridine rings is 1. The number of benzene rings is 1. The van der Waals surface area contributed by atoms with Gasteiger partial charge in [-0.25, -0.2) is 0 Å². The fraction of sp³-hybridized carbons (Fsp3) is 0.238. The minimum Gasteiger partial charge on any atom is -0.251 e. The molecule has 0 aliphatic heterocycles. The molecule has 0 amide bonds. The monoisotopic (exact) mass is 332 g/mol. The summed E-state index contributed by atoms with van der Waals surface area (Å²) in [5, 5.41) is 10.6. The molecule has 0 bridgehead atoms. The van der Waals surface area contributed by atoms with Crippen molar-refractivity contribution >= 4 is 17.2 Å². The fourth-order valence-corrected chi connectivity index (χ4v) is 3.74. The van der Waals surface area contributed by atoms with E-state index in [0.717, 1.165) is 53.8 Å². The van der Waals surface area contributed by atoms with Gasteiger partial charge in [-0.2, -0.15) is 5.26 Å². The van der Waals surface area contributed by atoms with Crippen LogP contribution in [0.25, 0.3) is 16.7 Å². The second kappa shape index (κ2) is 6.26. The van der Waals surface area contributed by atoms with E-state index in [-0.39, 0.29) is 0 Å². The molecule has 118 valence electrons. The maximum Gasteiger partial charge on any atom is 0.102 e. The Morgan fingerprint density at radius 3 is 2.67 bits per heavy atom. The number of fused-ring (bicyclic) bond motifs is 1. The smallest absolute Gasteiger partial charge is 0.102 e. The Bertz CT molecular complexity index is 916. The molecule has 0 saturated carbocycles. The maximum atomic E-state index is 9.90. The molecule has 2 aliphatic carbocycles. The zero-order valence-corrected chi connectivity index (χ0v) is 14.1. The molecule has 0 spiro atoms. The van der Waals surface area contributed by atoms with Crippen LogP contribution in [-0.2, 0) is 12.8 Å². The molecule has 0 saturated heterocycles. The Kier molecular flexibility index (Phi) is 3.96. The Labute approximate surface area is 147 Å². The van der Waals surface area contributed by atoms with Gasteiger partial charge in [-0.1, -0.05) is 48.4 Å². The molecule has 2 aliphatic rings. The average molecular weight is 333 g/mol. The van der Waals surface area contributed by atoms with E-state index < -0.39 is 0 Å². The molecule has 0 unspecified atom stereocenters. The Morgan fingerprint density at radius 1 is 1.12 bits per heavy atom. The standard InChI is InChI=1S/C21H17ClN2/c22-16-9-5-8-15(12-16)20-17-10-2-1-3-11-19(17)24-21(18(20)13-23)14-6-4-7-14/h4-9,12H,1-3,10-11H2. The van der Waals surface area contributed by atoms with Crippen LogP contribution in [0, 0.1) is 11.3 Å². The predicted octanol–water partition coefficient (Wildman–Crippen LogP) is 5.50. The molecule has 3 heteroatoms. The number of nitrogens with zero attached hydrogens (tertiary/aromatic N) is 2. The van der Waals surface area contributed by atoms with Gasteiger partial charge in [0.2, 0.25) is 0 Å². The van der Waals surface area contributed by atoms with Crippen LogP contribution >= 0.6 is 11.6 Å². The lowest BCUT2D eigenvalue weighted by Crippen LogP contribution is -2.07. The van der Waals surface area contributed by atoms with Crippen LogP contribution in [0.3, 0.4) is 0 Å². The molecule has 1 aromatic heterocycles. The first-order valence-corrected chi connectivity index (χ1v) is 8.76. The van der Waals surface area contributed by atoms with Gasteiger partial charge in [0, 0.05) is 21.9 Å². The fourth-order valence-electron chi connectivity index (χ4n) is 3.55. The molecule has 1 aromatic carbocycles. The number of nitriles is 1. The lowest BCUT2D eigenvalue weighted by molar-refractivity contribution is 0.708. The molecule has 0 radical (unpaired) electrons. The number of allylic oxidation sites excluding steroid dienone is 4. The highest BCUT2D eigenvalue weighted by Crippen LogP contribution is 2.38. The van der Waals surface area contributed by atoms with Gasteiger partial charge < -0.3 is 0 Å². The highest BCUT2D eigenvalue weighted by molar-refractivity contribution is 6.30. The summed E-state index contributed by atoms with van der Waals surface area (Å²) < 4.78 is 0. The molecular formula is C21H17ClN2. The van der Waals surface area contributed by atoms with Crippen molar-refractivity contribution < 1.29 is 0 Å². The summed E-state index contributed by atoms with van der Waals surface area (Å²) in [5.41, 5.74) is 6.97. The van der Waals surface area contributed by atoms with Crippen LogP contribution in [0.5, 0.6) is 0 Å². The van der Waals surface area contributed by atoms with Crippen molar-refractivity contribution in [1.82, 2.24) is 4.98 Å². The normalized spacial score (nSPS) is 15.8. The molecule has 0 N–H and O–H groups in total. The summed E-state index contributed by atoms with van der Waals surface area (Å²) in [6.07, 6.45) is 11.5. The van der Waals surface area contributed by atoms with E-state index in [1.54, 1.807) is 0 Å². The first-order valence-electron chi connectivity index (χ1n) is 8.38. The van der Waals surface area contributed by atoms with Crippen LogP contribution in [0.15, 0.2) is 42.5 Å². The van der Waals surface area contributed by atoms with E-state index in [9.17, 15) is 5.26 Å². The topological polar surface area (TPSA) is 36.7 Å². The average Bonchev–Trinajstić information content (AvgIpc) is 2.77. The quantitative estimate of drug-likeness (QED) is 0.681. The number of hydrogen-bond donors (Lipinski definition) is 0. The Hall–Kier alpha value is -2.37. The van der Waals surface area contributed by atoms with Crippen LogP contribution in [0.4, 0.5) is 0 Å². The second-order valence-corrected chi connectivity index (χ2v) is 6.74. The van der Waals surface area contributed by atoms with Crippen molar-refractivity contribution in [2.75, 3.05) is 0 Å². The first-order chi connectivity index (χ1) is 11.8. The summed E-state index contributed by atoms with van der Waals surface area (Å²) in [5.74, 6) is 0. The van der Waals surface area contributed by atoms with Crippen LogP contribution in [-0.4, -0.2) is 4.98 Å². The lowest BCUT2D eigenvalue weighted by Gasteiger charge is -2.19. The first kappa shape index (κ1) is 15.2. The molecular weight excluding hydrogens is 316 g/mol. The van der Waals surface area contributed by atoms with E-state index in [1.807, 2.05) is 42.5 Å². The van der Waals surface area contributed by atoms with E-state index in [2.05, 4.69) is 6.07 Å². The molecule has 0 fully saturated rings. The number of rotatable bonds is 2. The van der Waals surface area contributed by atoms with Crippen molar-refractivity contribution in [2.24, 2.45) is 0 Å². The minimum absolute atomic E-state index is 0.675. The molecule has 2 aromatic rings. The van der Waals surface area contributed by atoms with Crippen LogP contribution in [0.2, 0.25) is 5.02 Å². The zero-order chi connectivity index (χ0) is 16.5. The second-order valence-electron chi connectivity index (χ2n) is 6.30.